The lowest BCUT2D eigenvalue weighted by Gasteiger charge is -2.35. The minimum Gasteiger partial charge on any atom is -0.332 e. The second-order valence-electron chi connectivity index (χ2n) is 8.74. The predicted octanol–water partition coefficient (Wildman–Crippen LogP) is 2.79. The van der Waals surface area contributed by atoms with E-state index in [1.54, 1.807) is 16.0 Å². The summed E-state index contributed by atoms with van der Waals surface area (Å²) >= 11 is 0. The summed E-state index contributed by atoms with van der Waals surface area (Å²) in [7, 11) is 0. The molecule has 1 atom stereocenters. The molecule has 0 bridgehead atoms. The molecule has 1 aromatic heterocycles. The number of halogens is 3. The van der Waals surface area contributed by atoms with Gasteiger partial charge in [0.2, 0.25) is 11.8 Å². The van der Waals surface area contributed by atoms with Crippen LogP contribution in [0.25, 0.3) is 0 Å². The van der Waals surface area contributed by atoms with Crippen molar-refractivity contribution in [1.82, 2.24) is 14.7 Å². The highest BCUT2D eigenvalue weighted by molar-refractivity contribution is 5.97. The molecular formula is C21H21F3N4O2. The van der Waals surface area contributed by atoms with E-state index in [0.29, 0.717) is 19.5 Å². The van der Waals surface area contributed by atoms with Crippen LogP contribution >= 0.6 is 0 Å². The van der Waals surface area contributed by atoms with Gasteiger partial charge in [-0.2, -0.15) is 5.10 Å². The van der Waals surface area contributed by atoms with Crippen molar-refractivity contribution in [2.75, 3.05) is 11.4 Å². The lowest BCUT2D eigenvalue weighted by Crippen LogP contribution is -2.46. The largest absolute Gasteiger partial charge is 0.332 e. The number of benzene rings is 1. The number of hydrogen-bond acceptors (Lipinski definition) is 3. The maximum atomic E-state index is 13.5. The minimum absolute atomic E-state index is 0.0771. The summed E-state index contributed by atoms with van der Waals surface area (Å²) < 4.78 is 42.0. The zero-order valence-electron chi connectivity index (χ0n) is 16.5. The lowest BCUT2D eigenvalue weighted by atomic mass is 10.1. The van der Waals surface area contributed by atoms with Gasteiger partial charge >= 0.3 is 0 Å². The third kappa shape index (κ3) is 3.07. The Labute approximate surface area is 171 Å². The number of fused-ring (bicyclic) bond motifs is 1. The van der Waals surface area contributed by atoms with E-state index in [1.807, 2.05) is 11.6 Å². The van der Waals surface area contributed by atoms with Crippen LogP contribution in [0, 0.1) is 22.9 Å². The van der Waals surface area contributed by atoms with Gasteiger partial charge in [-0.1, -0.05) is 0 Å². The third-order valence-corrected chi connectivity index (χ3v) is 6.50. The van der Waals surface area contributed by atoms with Crippen LogP contribution in [0.15, 0.2) is 18.3 Å². The Bertz CT molecular complexity index is 1040. The summed E-state index contributed by atoms with van der Waals surface area (Å²) in [6, 6.07) is 1.51. The Morgan fingerprint density at radius 2 is 1.93 bits per heavy atom. The van der Waals surface area contributed by atoms with Gasteiger partial charge in [0.1, 0.15) is 0 Å². The van der Waals surface area contributed by atoms with Gasteiger partial charge in [-0.05, 0) is 42.9 Å². The van der Waals surface area contributed by atoms with Crippen LogP contribution in [-0.4, -0.2) is 39.1 Å². The highest BCUT2D eigenvalue weighted by Gasteiger charge is 2.52. The van der Waals surface area contributed by atoms with Crippen molar-refractivity contribution in [3.63, 3.8) is 0 Å². The Morgan fingerprint density at radius 3 is 2.57 bits per heavy atom. The molecule has 2 fully saturated rings. The van der Waals surface area contributed by atoms with E-state index < -0.39 is 17.5 Å². The van der Waals surface area contributed by atoms with Gasteiger partial charge in [-0.25, -0.2) is 13.2 Å². The van der Waals surface area contributed by atoms with Crippen LogP contribution in [0.3, 0.4) is 0 Å². The molecule has 3 aliphatic rings. The maximum absolute atomic E-state index is 13.5. The molecule has 9 heteroatoms. The minimum atomic E-state index is -1.55. The average Bonchev–Trinajstić information content (AvgIpc) is 3.19. The molecule has 2 aromatic rings. The Kier molecular flexibility index (Phi) is 4.20. The fraction of sp³-hybridized carbons (Fsp3) is 0.476. The van der Waals surface area contributed by atoms with Crippen LogP contribution in [0.4, 0.5) is 18.9 Å². The Morgan fingerprint density at radius 1 is 1.23 bits per heavy atom. The van der Waals surface area contributed by atoms with E-state index in [1.165, 1.54) is 0 Å². The van der Waals surface area contributed by atoms with E-state index in [2.05, 4.69) is 5.10 Å². The van der Waals surface area contributed by atoms with Crippen LogP contribution in [0.5, 0.6) is 0 Å². The molecule has 1 saturated carbocycles. The van der Waals surface area contributed by atoms with E-state index >= 15 is 0 Å². The predicted molar refractivity (Wildman–Crippen MR) is 101 cm³/mol. The molecule has 6 nitrogen and oxygen atoms in total. The highest BCUT2D eigenvalue weighted by Crippen LogP contribution is 2.54. The fourth-order valence-corrected chi connectivity index (χ4v) is 4.56. The molecule has 2 aliphatic heterocycles. The normalized spacial score (nSPS) is 22.0. The third-order valence-electron chi connectivity index (χ3n) is 6.50. The number of nitrogens with zero attached hydrogens (tertiary/aromatic N) is 4. The smallest absolute Gasteiger partial charge is 0.227 e. The molecule has 2 amide bonds. The van der Waals surface area contributed by atoms with E-state index in [-0.39, 0.29) is 41.8 Å². The lowest BCUT2D eigenvalue weighted by molar-refractivity contribution is -0.134. The highest BCUT2D eigenvalue weighted by atomic mass is 19.2. The second-order valence-corrected chi connectivity index (χ2v) is 8.74. The molecular weight excluding hydrogens is 397 g/mol. The van der Waals surface area contributed by atoms with Gasteiger partial charge in [0, 0.05) is 19.0 Å². The van der Waals surface area contributed by atoms with Gasteiger partial charge in [-0.3, -0.25) is 14.3 Å². The zero-order valence-corrected chi connectivity index (χ0v) is 16.5. The number of rotatable bonds is 3. The second kappa shape index (κ2) is 6.58. The molecule has 0 N–H and O–H groups in total. The standard InChI is InChI=1S/C21H21F3N4O2/c1-12-9-28-17(16(8-25-28)27-11-21(2-3-21)7-19(27)30)10-26(12)18(29)6-13-4-14(22)20(24)15(23)5-13/h4-5,8,12H,2-3,6-7,9-11H2,1H3/t12-/m0/s1. The van der Waals surface area contributed by atoms with Crippen LogP contribution in [-0.2, 0) is 29.1 Å². The first kappa shape index (κ1) is 19.1. The quantitative estimate of drug-likeness (QED) is 0.721. The fourth-order valence-electron chi connectivity index (χ4n) is 4.56. The van der Waals surface area contributed by atoms with Gasteiger partial charge in [0.15, 0.2) is 17.5 Å². The monoisotopic (exact) mass is 418 g/mol. The molecule has 0 radical (unpaired) electrons. The molecule has 1 aromatic carbocycles. The van der Waals surface area contributed by atoms with Crippen molar-refractivity contribution in [2.24, 2.45) is 5.41 Å². The first-order chi connectivity index (χ1) is 14.3. The van der Waals surface area contributed by atoms with Crippen molar-refractivity contribution in [2.45, 2.75) is 51.7 Å². The summed E-state index contributed by atoms with van der Waals surface area (Å²) in [5.41, 5.74) is 1.70. The topological polar surface area (TPSA) is 58.4 Å². The van der Waals surface area contributed by atoms with E-state index in [4.69, 9.17) is 0 Å². The molecule has 30 heavy (non-hydrogen) atoms. The van der Waals surface area contributed by atoms with Crippen LogP contribution in [0.2, 0.25) is 0 Å². The van der Waals surface area contributed by atoms with Gasteiger partial charge in [-0.15, -0.1) is 0 Å². The number of aromatic nitrogens is 2. The summed E-state index contributed by atoms with van der Waals surface area (Å²) in [6.07, 6.45) is 4.11. The number of anilines is 1. The molecule has 1 saturated heterocycles. The van der Waals surface area contributed by atoms with Crippen molar-refractivity contribution < 1.29 is 22.8 Å². The summed E-state index contributed by atoms with van der Waals surface area (Å²) in [4.78, 5) is 28.8. The average molecular weight is 418 g/mol. The summed E-state index contributed by atoms with van der Waals surface area (Å²) in [5, 5.41) is 4.41. The summed E-state index contributed by atoms with van der Waals surface area (Å²) in [5.74, 6) is -4.41. The van der Waals surface area contributed by atoms with Crippen LogP contribution < -0.4 is 4.90 Å². The molecule has 1 aliphatic carbocycles. The SMILES string of the molecule is C[C@H]1Cn2ncc(N3CC4(CC4)CC3=O)c2CN1C(=O)Cc1cc(F)c(F)c(F)c1. The first-order valence-corrected chi connectivity index (χ1v) is 10.0. The van der Waals surface area contributed by atoms with Gasteiger partial charge in [0.05, 0.1) is 37.1 Å². The molecule has 3 heterocycles. The Balaban J connectivity index is 1.37. The number of carbonyl (C=O) groups excluding carboxylic acids is 2. The van der Waals surface area contributed by atoms with Gasteiger partial charge < -0.3 is 9.80 Å². The zero-order chi connectivity index (χ0) is 21.2. The van der Waals surface area contributed by atoms with Crippen molar-refractivity contribution in [3.8, 4) is 0 Å². The molecule has 5 rings (SSSR count). The summed E-state index contributed by atoms with van der Waals surface area (Å²) in [6.45, 7) is 3.26. The first-order valence-electron chi connectivity index (χ1n) is 10.0. The van der Waals surface area contributed by atoms with Crippen LogP contribution in [0.1, 0.15) is 37.4 Å². The number of hydrogen-bond donors (Lipinski definition) is 0. The maximum Gasteiger partial charge on any atom is 0.227 e. The van der Waals surface area contributed by atoms with E-state index in [9.17, 15) is 22.8 Å². The van der Waals surface area contributed by atoms with Gasteiger partial charge in [0.25, 0.3) is 0 Å². The molecule has 158 valence electrons. The van der Waals surface area contributed by atoms with Crippen molar-refractivity contribution in [3.05, 3.63) is 47.0 Å². The molecule has 1 spiro atoms. The number of amides is 2. The Hall–Kier alpha value is -2.84. The van der Waals surface area contributed by atoms with Crippen molar-refractivity contribution >= 4 is 17.5 Å². The van der Waals surface area contributed by atoms with E-state index in [0.717, 1.165) is 36.4 Å². The van der Waals surface area contributed by atoms with Crippen molar-refractivity contribution in [1.29, 1.82) is 0 Å². The molecule has 0 unspecified atom stereocenters. The number of carbonyl (C=O) groups is 2.